The second-order valence-electron chi connectivity index (χ2n) is 4.15. The Labute approximate surface area is 127 Å². The van der Waals surface area contributed by atoms with Crippen molar-refractivity contribution in [2.45, 2.75) is 45.4 Å². The standard InChI is InChI=1S/C13H16O5S.C2H6/c1-3-4-7-19(18)11-9(12(14)15)6-5-8(2)10(11)13(16)17;1-2/h5-6H,3-4,7H2,1-2H3,(H,14,15)(H,16,17);1-2H3. The third kappa shape index (κ3) is 4.97. The van der Waals surface area contributed by atoms with Crippen LogP contribution in [0.1, 0.15) is 59.9 Å². The normalized spacial score (nSPS) is 11.2. The molecule has 1 rings (SSSR count). The highest BCUT2D eigenvalue weighted by Gasteiger charge is 2.24. The topological polar surface area (TPSA) is 91.7 Å². The minimum Gasteiger partial charge on any atom is -0.478 e. The number of rotatable bonds is 6. The molecule has 0 aliphatic rings. The largest absolute Gasteiger partial charge is 0.478 e. The molecule has 0 saturated carbocycles. The van der Waals surface area contributed by atoms with Gasteiger partial charge < -0.3 is 10.2 Å². The monoisotopic (exact) mass is 314 g/mol. The molecule has 21 heavy (non-hydrogen) atoms. The van der Waals surface area contributed by atoms with Gasteiger partial charge in [-0.3, -0.25) is 4.21 Å². The van der Waals surface area contributed by atoms with Gasteiger partial charge in [-0.2, -0.15) is 0 Å². The lowest BCUT2D eigenvalue weighted by atomic mass is 10.0. The molecule has 0 fully saturated rings. The summed E-state index contributed by atoms with van der Waals surface area (Å²) in [6.07, 6.45) is 1.46. The number of hydrogen-bond acceptors (Lipinski definition) is 3. The zero-order valence-corrected chi connectivity index (χ0v) is 13.6. The van der Waals surface area contributed by atoms with E-state index in [1.165, 1.54) is 12.1 Å². The molecule has 0 aliphatic carbocycles. The molecule has 6 heteroatoms. The molecule has 1 aromatic carbocycles. The van der Waals surface area contributed by atoms with Crippen LogP contribution >= 0.6 is 0 Å². The second kappa shape index (κ2) is 9.28. The second-order valence-corrected chi connectivity index (χ2v) is 5.66. The predicted molar refractivity (Wildman–Crippen MR) is 82.6 cm³/mol. The predicted octanol–water partition coefficient (Wildman–Crippen LogP) is 3.33. The van der Waals surface area contributed by atoms with Crippen molar-refractivity contribution in [2.24, 2.45) is 0 Å². The van der Waals surface area contributed by atoms with E-state index < -0.39 is 22.7 Å². The van der Waals surface area contributed by atoms with Gasteiger partial charge in [0.1, 0.15) is 0 Å². The molecule has 0 aromatic heterocycles. The fraction of sp³-hybridized carbons (Fsp3) is 0.467. The van der Waals surface area contributed by atoms with Crippen LogP contribution in [0.4, 0.5) is 0 Å². The van der Waals surface area contributed by atoms with Gasteiger partial charge in [0.15, 0.2) is 0 Å². The Morgan fingerprint density at radius 2 is 1.71 bits per heavy atom. The van der Waals surface area contributed by atoms with Gasteiger partial charge in [-0.05, 0) is 25.0 Å². The number of carboxylic acids is 2. The minimum atomic E-state index is -1.62. The Morgan fingerprint density at radius 3 is 2.14 bits per heavy atom. The number of aromatic carboxylic acids is 2. The van der Waals surface area contributed by atoms with Crippen LogP contribution in [0.2, 0.25) is 0 Å². The van der Waals surface area contributed by atoms with E-state index in [-0.39, 0.29) is 21.8 Å². The minimum absolute atomic E-state index is 0.0755. The van der Waals surface area contributed by atoms with Gasteiger partial charge in [-0.1, -0.05) is 33.3 Å². The molecular weight excluding hydrogens is 292 g/mol. The number of aryl methyl sites for hydroxylation is 1. The van der Waals surface area contributed by atoms with Gasteiger partial charge >= 0.3 is 11.9 Å². The SMILES string of the molecule is CC.CCCCS(=O)c1c(C(=O)O)ccc(C)c1C(=O)O. The molecule has 118 valence electrons. The van der Waals surface area contributed by atoms with Gasteiger partial charge in [-0.15, -0.1) is 0 Å². The van der Waals surface area contributed by atoms with E-state index >= 15 is 0 Å². The molecule has 0 radical (unpaired) electrons. The summed E-state index contributed by atoms with van der Waals surface area (Å²) in [5, 5.41) is 18.3. The van der Waals surface area contributed by atoms with Crippen molar-refractivity contribution >= 4 is 22.7 Å². The summed E-state index contributed by atoms with van der Waals surface area (Å²) >= 11 is 0. The summed E-state index contributed by atoms with van der Waals surface area (Å²) in [5.74, 6) is -2.25. The van der Waals surface area contributed by atoms with Gasteiger partial charge in [0.05, 0.1) is 26.8 Å². The first kappa shape index (κ1) is 19.3. The zero-order chi connectivity index (χ0) is 16.6. The number of carbonyl (C=O) groups is 2. The molecule has 1 aromatic rings. The van der Waals surface area contributed by atoms with E-state index in [9.17, 15) is 18.9 Å². The van der Waals surface area contributed by atoms with Crippen molar-refractivity contribution in [3.63, 3.8) is 0 Å². The van der Waals surface area contributed by atoms with Gasteiger partial charge in [0.25, 0.3) is 0 Å². The van der Waals surface area contributed by atoms with Crippen molar-refractivity contribution in [1.29, 1.82) is 0 Å². The Morgan fingerprint density at radius 1 is 1.14 bits per heavy atom. The maximum Gasteiger partial charge on any atom is 0.337 e. The molecule has 0 saturated heterocycles. The van der Waals surface area contributed by atoms with Crippen molar-refractivity contribution < 1.29 is 24.0 Å². The molecule has 0 aliphatic heterocycles. The fourth-order valence-electron chi connectivity index (χ4n) is 1.73. The van der Waals surface area contributed by atoms with Crippen LogP contribution in [0.5, 0.6) is 0 Å². The summed E-state index contributed by atoms with van der Waals surface area (Å²) in [6.45, 7) is 7.49. The average Bonchev–Trinajstić information content (AvgIpc) is 2.45. The first-order valence-electron chi connectivity index (χ1n) is 6.88. The van der Waals surface area contributed by atoms with E-state index in [4.69, 9.17) is 5.11 Å². The number of benzene rings is 1. The maximum atomic E-state index is 12.2. The molecule has 0 amide bonds. The van der Waals surface area contributed by atoms with E-state index in [0.29, 0.717) is 12.0 Å². The van der Waals surface area contributed by atoms with Crippen LogP contribution in [0.25, 0.3) is 0 Å². The fourth-order valence-corrected chi connectivity index (χ4v) is 3.36. The molecular formula is C15H22O5S. The van der Waals surface area contributed by atoms with Crippen molar-refractivity contribution in [3.05, 3.63) is 28.8 Å². The Kier molecular flexibility index (Phi) is 8.54. The number of carboxylic acid groups (broad SMARTS) is 2. The zero-order valence-electron chi connectivity index (χ0n) is 12.8. The van der Waals surface area contributed by atoms with Crippen LogP contribution < -0.4 is 0 Å². The highest BCUT2D eigenvalue weighted by atomic mass is 32.2. The highest BCUT2D eigenvalue weighted by molar-refractivity contribution is 7.85. The lowest BCUT2D eigenvalue weighted by molar-refractivity contribution is 0.0689. The quantitative estimate of drug-likeness (QED) is 0.840. The first-order valence-corrected chi connectivity index (χ1v) is 8.20. The highest BCUT2D eigenvalue weighted by Crippen LogP contribution is 2.24. The third-order valence-corrected chi connectivity index (χ3v) is 4.26. The van der Waals surface area contributed by atoms with E-state index in [1.807, 2.05) is 20.8 Å². The van der Waals surface area contributed by atoms with Gasteiger partial charge in [-0.25, -0.2) is 9.59 Å². The smallest absolute Gasteiger partial charge is 0.337 e. The molecule has 1 atom stereocenters. The summed E-state index contributed by atoms with van der Waals surface area (Å²) < 4.78 is 12.2. The van der Waals surface area contributed by atoms with Gasteiger partial charge in [0.2, 0.25) is 0 Å². The van der Waals surface area contributed by atoms with Crippen LogP contribution in [-0.2, 0) is 10.8 Å². The van der Waals surface area contributed by atoms with Gasteiger partial charge in [0, 0.05) is 5.75 Å². The molecule has 0 heterocycles. The van der Waals surface area contributed by atoms with Crippen LogP contribution in [0, 0.1) is 6.92 Å². The molecule has 5 nitrogen and oxygen atoms in total. The Balaban J connectivity index is 0.00000191. The van der Waals surface area contributed by atoms with Crippen LogP contribution in [0.3, 0.4) is 0 Å². The Hall–Kier alpha value is -1.69. The molecule has 1 unspecified atom stereocenters. The summed E-state index contributed by atoms with van der Waals surface area (Å²) in [6, 6.07) is 2.73. The number of hydrogen-bond donors (Lipinski definition) is 2. The number of unbranched alkanes of at least 4 members (excludes halogenated alkanes) is 1. The van der Waals surface area contributed by atoms with Crippen molar-refractivity contribution in [2.75, 3.05) is 5.75 Å². The summed E-state index contributed by atoms with van der Waals surface area (Å²) in [5.41, 5.74) is 0.0594. The molecule has 0 bridgehead atoms. The van der Waals surface area contributed by atoms with Crippen molar-refractivity contribution in [3.8, 4) is 0 Å². The van der Waals surface area contributed by atoms with Crippen LogP contribution in [-0.4, -0.2) is 32.1 Å². The third-order valence-electron chi connectivity index (χ3n) is 2.72. The van der Waals surface area contributed by atoms with E-state index in [0.717, 1.165) is 6.42 Å². The molecule has 0 spiro atoms. The summed E-state index contributed by atoms with van der Waals surface area (Å²) in [7, 11) is -1.62. The maximum absolute atomic E-state index is 12.2. The first-order chi connectivity index (χ1) is 9.90. The Bertz CT molecular complexity index is 537. The lowest BCUT2D eigenvalue weighted by Crippen LogP contribution is -2.14. The summed E-state index contributed by atoms with van der Waals surface area (Å²) in [4.78, 5) is 22.4. The lowest BCUT2D eigenvalue weighted by Gasteiger charge is -2.12. The van der Waals surface area contributed by atoms with E-state index in [1.54, 1.807) is 6.92 Å². The van der Waals surface area contributed by atoms with Crippen LogP contribution in [0.15, 0.2) is 17.0 Å². The average molecular weight is 314 g/mol. The van der Waals surface area contributed by atoms with Crippen molar-refractivity contribution in [1.82, 2.24) is 0 Å². The molecule has 2 N–H and O–H groups in total. The van der Waals surface area contributed by atoms with E-state index in [2.05, 4.69) is 0 Å².